The Morgan fingerprint density at radius 1 is 1.00 bits per heavy atom. The molecule has 0 radical (unpaired) electrons. The Balaban J connectivity index is 1.47. The Morgan fingerprint density at radius 3 is 2.32 bits per heavy atom. The smallest absolute Gasteiger partial charge is 0.312 e. The van der Waals surface area contributed by atoms with Crippen molar-refractivity contribution in [3.05, 3.63) is 0 Å². The molecule has 1 saturated carbocycles. The first kappa shape index (κ1) is 17.8. The lowest BCUT2D eigenvalue weighted by molar-refractivity contribution is -0.172. The summed E-state index contributed by atoms with van der Waals surface area (Å²) < 4.78 is 18.8. The van der Waals surface area contributed by atoms with Crippen LogP contribution < -0.4 is 0 Å². The van der Waals surface area contributed by atoms with E-state index in [-0.39, 0.29) is 35.8 Å². The molecule has 142 valence electrons. The van der Waals surface area contributed by atoms with Gasteiger partial charge in [-0.3, -0.25) is 4.79 Å². The average Bonchev–Trinajstić information content (AvgIpc) is 3.32. The average molecular weight is 350 g/mol. The number of rotatable bonds is 5. The molecule has 4 rings (SSSR count). The third kappa shape index (κ3) is 2.84. The molecule has 3 saturated heterocycles. The fourth-order valence-corrected chi connectivity index (χ4v) is 6.14. The van der Waals surface area contributed by atoms with Crippen LogP contribution in [0.25, 0.3) is 0 Å². The van der Waals surface area contributed by atoms with Crippen molar-refractivity contribution in [3.63, 3.8) is 0 Å². The number of ether oxygens (including phenoxy) is 3. The molecule has 3 heterocycles. The molecule has 0 aromatic rings. The molecule has 0 aromatic carbocycles. The third-order valence-corrected chi connectivity index (χ3v) is 7.51. The standard InChI is InChI=1S/C21H34O4/c1-4-14-17-16-12-13(19(24-16)18(17)15(5-2)23-14)20(22)25-21(6-3)10-8-7-9-11-21/h13-19H,4-12H2,1-3H3. The summed E-state index contributed by atoms with van der Waals surface area (Å²) in [5.41, 5.74) is -0.209. The normalized spacial score (nSPS) is 44.7. The Kier molecular flexibility index (Phi) is 4.87. The first-order chi connectivity index (χ1) is 12.1. The van der Waals surface area contributed by atoms with Crippen molar-refractivity contribution < 1.29 is 19.0 Å². The Labute approximate surface area is 152 Å². The van der Waals surface area contributed by atoms with Gasteiger partial charge < -0.3 is 14.2 Å². The molecule has 1 aliphatic carbocycles. The number of hydrogen-bond donors (Lipinski definition) is 0. The molecule has 0 spiro atoms. The van der Waals surface area contributed by atoms with Gasteiger partial charge in [0.15, 0.2) is 0 Å². The maximum absolute atomic E-state index is 13.1. The highest BCUT2D eigenvalue weighted by atomic mass is 16.6. The van der Waals surface area contributed by atoms with Gasteiger partial charge in [0.2, 0.25) is 0 Å². The van der Waals surface area contributed by atoms with Crippen LogP contribution >= 0.6 is 0 Å². The van der Waals surface area contributed by atoms with E-state index in [0.717, 1.165) is 38.5 Å². The molecule has 25 heavy (non-hydrogen) atoms. The van der Waals surface area contributed by atoms with Crippen molar-refractivity contribution in [1.82, 2.24) is 0 Å². The summed E-state index contributed by atoms with van der Waals surface area (Å²) >= 11 is 0. The quantitative estimate of drug-likeness (QED) is 0.695. The van der Waals surface area contributed by atoms with Gasteiger partial charge in [-0.1, -0.05) is 27.2 Å². The summed E-state index contributed by atoms with van der Waals surface area (Å²) in [6, 6.07) is 0. The highest BCUT2D eigenvalue weighted by Gasteiger charge is 2.64. The van der Waals surface area contributed by atoms with E-state index in [9.17, 15) is 4.79 Å². The van der Waals surface area contributed by atoms with Gasteiger partial charge in [0.1, 0.15) is 5.60 Å². The monoisotopic (exact) mass is 350 g/mol. The van der Waals surface area contributed by atoms with Gasteiger partial charge in [0.05, 0.1) is 30.3 Å². The lowest BCUT2D eigenvalue weighted by Crippen LogP contribution is -2.44. The zero-order valence-corrected chi connectivity index (χ0v) is 16.0. The third-order valence-electron chi connectivity index (χ3n) is 7.51. The topological polar surface area (TPSA) is 44.8 Å². The number of hydrogen-bond acceptors (Lipinski definition) is 4. The summed E-state index contributed by atoms with van der Waals surface area (Å²) in [6.07, 6.45) is 10.3. The lowest BCUT2D eigenvalue weighted by atomic mass is 9.70. The van der Waals surface area contributed by atoms with Gasteiger partial charge in [-0.2, -0.15) is 0 Å². The SMILES string of the molecule is CCC1OC(CC)C2C3OC(CC3C(=O)OC3(CC)CCCCC3)C12. The molecule has 2 bridgehead atoms. The van der Waals surface area contributed by atoms with E-state index in [1.807, 2.05) is 0 Å². The van der Waals surface area contributed by atoms with E-state index < -0.39 is 0 Å². The maximum Gasteiger partial charge on any atom is 0.312 e. The zero-order valence-electron chi connectivity index (χ0n) is 16.0. The van der Waals surface area contributed by atoms with Gasteiger partial charge in [-0.05, 0) is 51.4 Å². The molecule has 3 aliphatic heterocycles. The van der Waals surface area contributed by atoms with E-state index in [0.29, 0.717) is 17.9 Å². The number of esters is 1. The Morgan fingerprint density at radius 2 is 1.68 bits per heavy atom. The number of carbonyl (C=O) groups is 1. The molecule has 0 N–H and O–H groups in total. The largest absolute Gasteiger partial charge is 0.459 e. The molecule has 0 aromatic heterocycles. The van der Waals surface area contributed by atoms with Crippen molar-refractivity contribution in [2.75, 3.05) is 0 Å². The Bertz CT molecular complexity index is 498. The van der Waals surface area contributed by atoms with Crippen LogP contribution in [0.5, 0.6) is 0 Å². The fourth-order valence-electron chi connectivity index (χ4n) is 6.14. The first-order valence-electron chi connectivity index (χ1n) is 10.7. The van der Waals surface area contributed by atoms with Crippen LogP contribution in [0, 0.1) is 17.8 Å². The van der Waals surface area contributed by atoms with Crippen molar-refractivity contribution >= 4 is 5.97 Å². The molecule has 4 heteroatoms. The van der Waals surface area contributed by atoms with Gasteiger partial charge >= 0.3 is 5.97 Å². The second-order valence-corrected chi connectivity index (χ2v) is 8.68. The molecule has 4 aliphatic rings. The summed E-state index contributed by atoms with van der Waals surface area (Å²) in [7, 11) is 0. The van der Waals surface area contributed by atoms with Crippen LogP contribution in [-0.4, -0.2) is 36.0 Å². The predicted octanol–water partition coefficient (Wildman–Crippen LogP) is 4.25. The van der Waals surface area contributed by atoms with Gasteiger partial charge in [0.25, 0.3) is 0 Å². The highest BCUT2D eigenvalue weighted by molar-refractivity contribution is 5.74. The molecule has 0 amide bonds. The second-order valence-electron chi connectivity index (χ2n) is 8.68. The van der Waals surface area contributed by atoms with E-state index >= 15 is 0 Å². The van der Waals surface area contributed by atoms with Crippen molar-refractivity contribution in [2.24, 2.45) is 17.8 Å². The fraction of sp³-hybridized carbons (Fsp3) is 0.952. The highest BCUT2D eigenvalue weighted by Crippen LogP contribution is 2.55. The summed E-state index contributed by atoms with van der Waals surface area (Å²) in [5, 5.41) is 0. The van der Waals surface area contributed by atoms with Crippen LogP contribution in [0.4, 0.5) is 0 Å². The molecule has 7 atom stereocenters. The molecule has 7 unspecified atom stereocenters. The summed E-state index contributed by atoms with van der Waals surface area (Å²) in [5.74, 6) is 0.795. The predicted molar refractivity (Wildman–Crippen MR) is 95.2 cm³/mol. The lowest BCUT2D eigenvalue weighted by Gasteiger charge is -2.38. The van der Waals surface area contributed by atoms with Gasteiger partial charge in [-0.25, -0.2) is 0 Å². The minimum atomic E-state index is -0.209. The van der Waals surface area contributed by atoms with E-state index in [1.54, 1.807) is 0 Å². The van der Waals surface area contributed by atoms with E-state index in [4.69, 9.17) is 14.2 Å². The van der Waals surface area contributed by atoms with Gasteiger partial charge in [0, 0.05) is 11.8 Å². The van der Waals surface area contributed by atoms with Gasteiger partial charge in [-0.15, -0.1) is 0 Å². The Hall–Kier alpha value is -0.610. The molecule has 4 nitrogen and oxygen atoms in total. The number of carbonyl (C=O) groups excluding carboxylic acids is 1. The van der Waals surface area contributed by atoms with Crippen molar-refractivity contribution in [1.29, 1.82) is 0 Å². The first-order valence-corrected chi connectivity index (χ1v) is 10.7. The van der Waals surface area contributed by atoms with Crippen LogP contribution in [-0.2, 0) is 19.0 Å². The zero-order chi connectivity index (χ0) is 17.6. The van der Waals surface area contributed by atoms with Crippen LogP contribution in [0.2, 0.25) is 0 Å². The second kappa shape index (κ2) is 6.84. The van der Waals surface area contributed by atoms with Crippen LogP contribution in [0.1, 0.15) is 78.6 Å². The number of fused-ring (bicyclic) bond motifs is 5. The minimum absolute atomic E-state index is 0.00417. The van der Waals surface area contributed by atoms with Crippen LogP contribution in [0.15, 0.2) is 0 Å². The maximum atomic E-state index is 13.1. The molecular weight excluding hydrogens is 316 g/mol. The molecular formula is C21H34O4. The molecule has 4 fully saturated rings. The summed E-state index contributed by atoms with van der Waals surface area (Å²) in [6.45, 7) is 6.55. The van der Waals surface area contributed by atoms with E-state index in [1.165, 1.54) is 19.3 Å². The van der Waals surface area contributed by atoms with Crippen LogP contribution in [0.3, 0.4) is 0 Å². The summed E-state index contributed by atoms with van der Waals surface area (Å²) in [4.78, 5) is 13.1. The van der Waals surface area contributed by atoms with Crippen molar-refractivity contribution in [2.45, 2.75) is 109 Å². The minimum Gasteiger partial charge on any atom is -0.459 e. The van der Waals surface area contributed by atoms with Crippen molar-refractivity contribution in [3.8, 4) is 0 Å². The van der Waals surface area contributed by atoms with E-state index in [2.05, 4.69) is 20.8 Å².